The van der Waals surface area contributed by atoms with E-state index in [-0.39, 0.29) is 5.78 Å². The SMILES string of the molecule is C=C(C)CCC(=O)c1ccc(OCC)cc1. The highest BCUT2D eigenvalue weighted by atomic mass is 16.5. The Bertz CT molecular complexity index is 363. The van der Waals surface area contributed by atoms with Crippen molar-refractivity contribution in [2.24, 2.45) is 0 Å². The van der Waals surface area contributed by atoms with E-state index in [1.54, 1.807) is 0 Å². The summed E-state index contributed by atoms with van der Waals surface area (Å²) in [6, 6.07) is 7.28. The zero-order chi connectivity index (χ0) is 12.0. The van der Waals surface area contributed by atoms with E-state index in [0.717, 1.165) is 23.3 Å². The number of allylic oxidation sites excluding steroid dienone is 1. The molecule has 0 radical (unpaired) electrons. The molecule has 0 atom stereocenters. The topological polar surface area (TPSA) is 26.3 Å². The van der Waals surface area contributed by atoms with Crippen LogP contribution in [0.25, 0.3) is 0 Å². The summed E-state index contributed by atoms with van der Waals surface area (Å²) in [4.78, 5) is 11.7. The highest BCUT2D eigenvalue weighted by Gasteiger charge is 2.05. The first-order chi connectivity index (χ1) is 7.63. The molecule has 0 bridgehead atoms. The first kappa shape index (κ1) is 12.5. The van der Waals surface area contributed by atoms with Crippen LogP contribution < -0.4 is 4.74 Å². The maximum Gasteiger partial charge on any atom is 0.163 e. The van der Waals surface area contributed by atoms with Crippen LogP contribution in [0.2, 0.25) is 0 Å². The van der Waals surface area contributed by atoms with Crippen LogP contribution in [0.1, 0.15) is 37.0 Å². The molecule has 0 aliphatic heterocycles. The molecule has 0 fully saturated rings. The summed E-state index contributed by atoms with van der Waals surface area (Å²) in [5, 5.41) is 0. The largest absolute Gasteiger partial charge is 0.494 e. The van der Waals surface area contributed by atoms with Gasteiger partial charge in [0, 0.05) is 12.0 Å². The third-order valence-corrected chi connectivity index (χ3v) is 2.27. The summed E-state index contributed by atoms with van der Waals surface area (Å²) in [6.07, 6.45) is 1.29. The fourth-order valence-corrected chi connectivity index (χ4v) is 1.37. The standard InChI is InChI=1S/C14H18O2/c1-4-16-13-8-6-12(7-9-13)14(15)10-5-11(2)3/h6-9H,2,4-5,10H2,1,3H3. The second kappa shape index (κ2) is 6.11. The van der Waals surface area contributed by atoms with Gasteiger partial charge in [-0.05, 0) is 44.5 Å². The first-order valence-electron chi connectivity index (χ1n) is 5.54. The molecule has 0 aliphatic rings. The van der Waals surface area contributed by atoms with Gasteiger partial charge >= 0.3 is 0 Å². The lowest BCUT2D eigenvalue weighted by Crippen LogP contribution is -1.99. The van der Waals surface area contributed by atoms with E-state index >= 15 is 0 Å². The van der Waals surface area contributed by atoms with E-state index in [1.807, 2.05) is 38.1 Å². The highest BCUT2D eigenvalue weighted by molar-refractivity contribution is 5.96. The van der Waals surface area contributed by atoms with Crippen LogP contribution in [0.3, 0.4) is 0 Å². The Morgan fingerprint density at radius 1 is 1.25 bits per heavy atom. The van der Waals surface area contributed by atoms with Gasteiger partial charge in [0.05, 0.1) is 6.61 Å². The van der Waals surface area contributed by atoms with Gasteiger partial charge in [0.25, 0.3) is 0 Å². The Balaban J connectivity index is 2.59. The Hall–Kier alpha value is -1.57. The molecule has 0 saturated carbocycles. The summed E-state index contributed by atoms with van der Waals surface area (Å²) in [5.41, 5.74) is 1.78. The number of carbonyl (C=O) groups excluding carboxylic acids is 1. The van der Waals surface area contributed by atoms with Crippen LogP contribution in [-0.2, 0) is 0 Å². The number of benzene rings is 1. The average Bonchev–Trinajstić information content (AvgIpc) is 2.27. The molecule has 0 saturated heterocycles. The molecule has 0 aliphatic carbocycles. The molecular weight excluding hydrogens is 200 g/mol. The summed E-state index contributed by atoms with van der Waals surface area (Å²) in [7, 11) is 0. The second-order valence-electron chi connectivity index (χ2n) is 3.84. The lowest BCUT2D eigenvalue weighted by molar-refractivity contribution is 0.0983. The number of Topliss-reactive ketones (excluding diaryl/α,β-unsaturated/α-hetero) is 1. The Morgan fingerprint density at radius 3 is 2.38 bits per heavy atom. The van der Waals surface area contributed by atoms with Gasteiger partial charge in [0.2, 0.25) is 0 Å². The monoisotopic (exact) mass is 218 g/mol. The van der Waals surface area contributed by atoms with Crippen molar-refractivity contribution in [1.82, 2.24) is 0 Å². The van der Waals surface area contributed by atoms with Gasteiger partial charge < -0.3 is 4.74 Å². The Kier molecular flexibility index (Phi) is 4.77. The van der Waals surface area contributed by atoms with Gasteiger partial charge in [-0.3, -0.25) is 4.79 Å². The number of hydrogen-bond acceptors (Lipinski definition) is 2. The maximum atomic E-state index is 11.7. The zero-order valence-corrected chi connectivity index (χ0v) is 9.95. The number of rotatable bonds is 6. The molecule has 2 heteroatoms. The van der Waals surface area contributed by atoms with Crippen LogP contribution in [0.5, 0.6) is 5.75 Å². The third kappa shape index (κ3) is 3.89. The number of ether oxygens (including phenoxy) is 1. The van der Waals surface area contributed by atoms with Crippen LogP contribution in [0.4, 0.5) is 0 Å². The fourth-order valence-electron chi connectivity index (χ4n) is 1.37. The molecular formula is C14H18O2. The van der Waals surface area contributed by atoms with Crippen LogP contribution in [0, 0.1) is 0 Å². The quantitative estimate of drug-likeness (QED) is 0.538. The summed E-state index contributed by atoms with van der Waals surface area (Å²) in [6.45, 7) is 8.30. The molecule has 0 amide bonds. The zero-order valence-electron chi connectivity index (χ0n) is 9.95. The second-order valence-corrected chi connectivity index (χ2v) is 3.84. The van der Waals surface area contributed by atoms with Crippen molar-refractivity contribution in [3.63, 3.8) is 0 Å². The predicted molar refractivity (Wildman–Crippen MR) is 66.0 cm³/mol. The molecule has 86 valence electrons. The van der Waals surface area contributed by atoms with Crippen LogP contribution >= 0.6 is 0 Å². The molecule has 0 unspecified atom stereocenters. The molecule has 2 nitrogen and oxygen atoms in total. The number of ketones is 1. The lowest BCUT2D eigenvalue weighted by Gasteiger charge is -2.04. The van der Waals surface area contributed by atoms with E-state index < -0.39 is 0 Å². The van der Waals surface area contributed by atoms with Crippen molar-refractivity contribution < 1.29 is 9.53 Å². The minimum atomic E-state index is 0.158. The predicted octanol–water partition coefficient (Wildman–Crippen LogP) is 3.62. The van der Waals surface area contributed by atoms with Gasteiger partial charge in [-0.25, -0.2) is 0 Å². The molecule has 16 heavy (non-hydrogen) atoms. The van der Waals surface area contributed by atoms with E-state index in [2.05, 4.69) is 6.58 Å². The van der Waals surface area contributed by atoms with Crippen LogP contribution in [-0.4, -0.2) is 12.4 Å². The van der Waals surface area contributed by atoms with Gasteiger partial charge in [-0.15, -0.1) is 6.58 Å². The van der Waals surface area contributed by atoms with E-state index in [0.29, 0.717) is 13.0 Å². The molecule has 0 aromatic heterocycles. The van der Waals surface area contributed by atoms with E-state index in [1.165, 1.54) is 0 Å². The van der Waals surface area contributed by atoms with Crippen molar-refractivity contribution in [3.05, 3.63) is 42.0 Å². The normalized spacial score (nSPS) is 9.88. The van der Waals surface area contributed by atoms with Gasteiger partial charge in [-0.2, -0.15) is 0 Å². The summed E-state index contributed by atoms with van der Waals surface area (Å²) >= 11 is 0. The number of carbonyl (C=O) groups is 1. The highest BCUT2D eigenvalue weighted by Crippen LogP contribution is 2.14. The van der Waals surface area contributed by atoms with E-state index in [9.17, 15) is 4.79 Å². The summed E-state index contributed by atoms with van der Waals surface area (Å²) in [5.74, 6) is 0.963. The average molecular weight is 218 g/mol. The third-order valence-electron chi connectivity index (χ3n) is 2.27. The Labute approximate surface area is 96.9 Å². The smallest absolute Gasteiger partial charge is 0.163 e. The van der Waals surface area contributed by atoms with Crippen molar-refractivity contribution in [2.75, 3.05) is 6.61 Å². The van der Waals surface area contributed by atoms with Crippen molar-refractivity contribution in [2.45, 2.75) is 26.7 Å². The molecule has 0 spiro atoms. The van der Waals surface area contributed by atoms with Crippen molar-refractivity contribution in [1.29, 1.82) is 0 Å². The minimum Gasteiger partial charge on any atom is -0.494 e. The molecule has 0 N–H and O–H groups in total. The number of hydrogen-bond donors (Lipinski definition) is 0. The molecule has 0 heterocycles. The lowest BCUT2D eigenvalue weighted by atomic mass is 10.0. The van der Waals surface area contributed by atoms with Gasteiger partial charge in [0.15, 0.2) is 5.78 Å². The van der Waals surface area contributed by atoms with Crippen molar-refractivity contribution >= 4 is 5.78 Å². The minimum absolute atomic E-state index is 0.158. The van der Waals surface area contributed by atoms with Crippen LogP contribution in [0.15, 0.2) is 36.4 Å². The molecule has 1 aromatic rings. The molecule has 1 aromatic carbocycles. The van der Waals surface area contributed by atoms with Crippen molar-refractivity contribution in [3.8, 4) is 5.75 Å². The molecule has 1 rings (SSSR count). The van der Waals surface area contributed by atoms with Gasteiger partial charge in [0.1, 0.15) is 5.75 Å². The van der Waals surface area contributed by atoms with Gasteiger partial charge in [-0.1, -0.05) is 5.57 Å². The summed E-state index contributed by atoms with van der Waals surface area (Å²) < 4.78 is 5.31. The maximum absolute atomic E-state index is 11.7. The Morgan fingerprint density at radius 2 is 1.88 bits per heavy atom. The fraction of sp³-hybridized carbons (Fsp3) is 0.357. The van der Waals surface area contributed by atoms with E-state index in [4.69, 9.17) is 4.74 Å². The first-order valence-corrected chi connectivity index (χ1v) is 5.54.